The van der Waals surface area contributed by atoms with Gasteiger partial charge in [-0.3, -0.25) is 19.2 Å². The first-order valence-electron chi connectivity index (χ1n) is 12.5. The van der Waals surface area contributed by atoms with E-state index in [1.54, 1.807) is 11.8 Å². The number of amides is 3. The molecule has 4 atom stereocenters. The molecular formula is C24H42N4O4. The summed E-state index contributed by atoms with van der Waals surface area (Å²) in [5, 5.41) is 5.39. The van der Waals surface area contributed by atoms with Gasteiger partial charge in [0.05, 0.1) is 12.1 Å². The molecule has 182 valence electrons. The molecule has 0 spiro atoms. The van der Waals surface area contributed by atoms with Crippen LogP contribution in [0.5, 0.6) is 0 Å². The van der Waals surface area contributed by atoms with Crippen LogP contribution in [0.15, 0.2) is 0 Å². The Labute approximate surface area is 192 Å². The number of hydrogen-bond acceptors (Lipinski definition) is 5. The Kier molecular flexibility index (Phi) is 10.6. The normalized spacial score (nSPS) is 28.8. The average molecular weight is 451 g/mol. The van der Waals surface area contributed by atoms with Crippen molar-refractivity contribution in [3.8, 4) is 0 Å². The molecule has 32 heavy (non-hydrogen) atoms. The van der Waals surface area contributed by atoms with Gasteiger partial charge in [0.15, 0.2) is 0 Å². The predicted octanol–water partition coefficient (Wildman–Crippen LogP) is 1.90. The summed E-state index contributed by atoms with van der Waals surface area (Å²) < 4.78 is 0. The van der Waals surface area contributed by atoms with Crippen molar-refractivity contribution in [1.29, 1.82) is 0 Å². The Morgan fingerprint density at radius 2 is 1.62 bits per heavy atom. The molecule has 2 aliphatic heterocycles. The summed E-state index contributed by atoms with van der Waals surface area (Å²) >= 11 is 0. The number of Topliss-reactive ketones (excluding diaryl/α,β-unsaturated/α-hetero) is 1. The van der Waals surface area contributed by atoms with E-state index in [9.17, 15) is 19.2 Å². The monoisotopic (exact) mass is 450 g/mol. The fourth-order valence-electron chi connectivity index (χ4n) is 4.96. The molecule has 0 bridgehead atoms. The summed E-state index contributed by atoms with van der Waals surface area (Å²) in [6, 6.07) is -2.15. The molecule has 2 heterocycles. The van der Waals surface area contributed by atoms with Gasteiger partial charge in [0, 0.05) is 13.1 Å². The third kappa shape index (κ3) is 7.02. The number of nitrogens with two attached hydrogens (primary N) is 1. The molecule has 8 heteroatoms. The van der Waals surface area contributed by atoms with Gasteiger partial charge < -0.3 is 21.3 Å². The van der Waals surface area contributed by atoms with E-state index < -0.39 is 29.8 Å². The number of nitrogens with one attached hydrogen (secondary N) is 2. The highest BCUT2D eigenvalue weighted by molar-refractivity contribution is 6.38. The standard InChI is InChI=1S/C24H42N4O4/c1-4-26-23(31)21(29)19-13-11-9-7-5-6-8-10-12-18(25)24(32)28-15-14-17(16(2)3)20(28)22(30)27-19/h16-20H,4-15,25H2,1-3H3,(H,26,31)(H,27,30)/t17?,18-,19-,20-/m0/s1. The average Bonchev–Trinajstić information content (AvgIpc) is 3.21. The summed E-state index contributed by atoms with van der Waals surface area (Å²) in [5.41, 5.74) is 6.23. The maximum absolute atomic E-state index is 13.4. The number of nitrogens with zero attached hydrogens (tertiary/aromatic N) is 1. The minimum atomic E-state index is -0.874. The van der Waals surface area contributed by atoms with Crippen molar-refractivity contribution >= 4 is 23.5 Å². The summed E-state index contributed by atoms with van der Waals surface area (Å²) in [6.45, 7) is 6.68. The summed E-state index contributed by atoms with van der Waals surface area (Å²) in [7, 11) is 0. The Hall–Kier alpha value is -1.96. The number of carbonyl (C=O) groups excluding carboxylic acids is 4. The molecule has 0 aromatic carbocycles. The largest absolute Gasteiger partial charge is 0.350 e. The lowest BCUT2D eigenvalue weighted by atomic mass is 9.87. The molecular weight excluding hydrogens is 408 g/mol. The van der Waals surface area contributed by atoms with E-state index >= 15 is 0 Å². The second-order valence-corrected chi connectivity index (χ2v) is 9.62. The first-order valence-corrected chi connectivity index (χ1v) is 12.5. The molecule has 2 aliphatic rings. The molecule has 0 aromatic heterocycles. The molecule has 0 aromatic rings. The van der Waals surface area contributed by atoms with Crippen molar-refractivity contribution < 1.29 is 19.2 Å². The summed E-state index contributed by atoms with van der Waals surface area (Å²) in [5.74, 6) is -1.64. The maximum Gasteiger partial charge on any atom is 0.289 e. The first kappa shape index (κ1) is 26.3. The zero-order valence-corrected chi connectivity index (χ0v) is 20.0. The van der Waals surface area contributed by atoms with Crippen molar-refractivity contribution in [3.05, 3.63) is 0 Å². The van der Waals surface area contributed by atoms with Crippen LogP contribution in [0.2, 0.25) is 0 Å². The minimum absolute atomic E-state index is 0.00902. The van der Waals surface area contributed by atoms with Crippen LogP contribution in [0.25, 0.3) is 0 Å². The van der Waals surface area contributed by atoms with E-state index in [1.165, 1.54) is 0 Å². The van der Waals surface area contributed by atoms with Gasteiger partial charge in [-0.2, -0.15) is 0 Å². The third-order valence-electron chi connectivity index (χ3n) is 6.87. The van der Waals surface area contributed by atoms with Crippen molar-refractivity contribution in [2.75, 3.05) is 13.1 Å². The van der Waals surface area contributed by atoms with Crippen LogP contribution in [-0.2, 0) is 19.2 Å². The van der Waals surface area contributed by atoms with E-state index in [0.29, 0.717) is 25.9 Å². The van der Waals surface area contributed by atoms with Gasteiger partial charge in [-0.1, -0.05) is 58.8 Å². The van der Waals surface area contributed by atoms with E-state index in [-0.39, 0.29) is 23.7 Å². The van der Waals surface area contributed by atoms with Gasteiger partial charge in [-0.15, -0.1) is 0 Å². The van der Waals surface area contributed by atoms with Crippen LogP contribution >= 0.6 is 0 Å². The Morgan fingerprint density at radius 1 is 1.03 bits per heavy atom. The second kappa shape index (κ2) is 12.9. The number of hydrogen-bond donors (Lipinski definition) is 3. The molecule has 2 saturated heterocycles. The highest BCUT2D eigenvalue weighted by Gasteiger charge is 2.45. The fourth-order valence-corrected chi connectivity index (χ4v) is 4.96. The van der Waals surface area contributed by atoms with Crippen LogP contribution < -0.4 is 16.4 Å². The molecule has 1 unspecified atom stereocenters. The zero-order chi connectivity index (χ0) is 23.7. The molecule has 4 N–H and O–H groups in total. The molecule has 0 radical (unpaired) electrons. The first-order chi connectivity index (χ1) is 15.3. The van der Waals surface area contributed by atoms with E-state index in [0.717, 1.165) is 51.4 Å². The van der Waals surface area contributed by atoms with Gasteiger partial charge in [0.25, 0.3) is 5.91 Å². The van der Waals surface area contributed by atoms with E-state index in [1.807, 2.05) is 13.8 Å². The van der Waals surface area contributed by atoms with Gasteiger partial charge in [-0.05, 0) is 38.0 Å². The fraction of sp³-hybridized carbons (Fsp3) is 0.833. The van der Waals surface area contributed by atoms with Crippen molar-refractivity contribution in [2.24, 2.45) is 17.6 Å². The van der Waals surface area contributed by atoms with Gasteiger partial charge in [-0.25, -0.2) is 0 Å². The third-order valence-corrected chi connectivity index (χ3v) is 6.87. The predicted molar refractivity (Wildman–Crippen MR) is 124 cm³/mol. The number of carbonyl (C=O) groups is 4. The second-order valence-electron chi connectivity index (χ2n) is 9.62. The zero-order valence-electron chi connectivity index (χ0n) is 20.0. The highest BCUT2D eigenvalue weighted by Crippen LogP contribution is 2.32. The smallest absolute Gasteiger partial charge is 0.289 e. The topological polar surface area (TPSA) is 122 Å². The number of likely N-dealkylation sites (N-methyl/N-ethyl adjacent to an activating group) is 1. The lowest BCUT2D eigenvalue weighted by Crippen LogP contribution is -2.57. The van der Waals surface area contributed by atoms with Crippen molar-refractivity contribution in [1.82, 2.24) is 15.5 Å². The van der Waals surface area contributed by atoms with Gasteiger partial charge >= 0.3 is 0 Å². The van der Waals surface area contributed by atoms with Crippen LogP contribution in [0, 0.1) is 11.8 Å². The van der Waals surface area contributed by atoms with E-state index in [4.69, 9.17) is 5.73 Å². The lowest BCUT2D eigenvalue weighted by Gasteiger charge is -2.32. The Balaban J connectivity index is 2.27. The number of rotatable bonds is 4. The van der Waals surface area contributed by atoms with Gasteiger partial charge in [0.1, 0.15) is 6.04 Å². The lowest BCUT2D eigenvalue weighted by molar-refractivity contribution is -0.143. The number of fused-ring (bicyclic) bond motifs is 1. The van der Waals surface area contributed by atoms with Crippen LogP contribution in [0.3, 0.4) is 0 Å². The molecule has 2 fully saturated rings. The van der Waals surface area contributed by atoms with Crippen molar-refractivity contribution in [3.63, 3.8) is 0 Å². The molecule has 0 aliphatic carbocycles. The van der Waals surface area contributed by atoms with Crippen LogP contribution in [-0.4, -0.2) is 59.6 Å². The van der Waals surface area contributed by atoms with Gasteiger partial charge in [0.2, 0.25) is 17.6 Å². The Bertz CT molecular complexity index is 666. The summed E-state index contributed by atoms with van der Waals surface area (Å²) in [4.78, 5) is 53.1. The van der Waals surface area contributed by atoms with E-state index in [2.05, 4.69) is 10.6 Å². The summed E-state index contributed by atoms with van der Waals surface area (Å²) in [6.07, 6.45) is 8.68. The van der Waals surface area contributed by atoms with Crippen LogP contribution in [0.1, 0.15) is 85.0 Å². The van der Waals surface area contributed by atoms with Crippen molar-refractivity contribution in [2.45, 2.75) is 103 Å². The molecule has 3 amide bonds. The molecule has 0 saturated carbocycles. The quantitative estimate of drug-likeness (QED) is 0.565. The molecule has 8 nitrogen and oxygen atoms in total. The SMILES string of the molecule is CCNC(=O)C(=O)[C@@H]1CCCCCCCCC[C@H](N)C(=O)N2CCC(C(C)C)[C@H]2C(=O)N1. The minimum Gasteiger partial charge on any atom is -0.350 e. The maximum atomic E-state index is 13.4. The molecule has 2 rings (SSSR count). The highest BCUT2D eigenvalue weighted by atomic mass is 16.2. The van der Waals surface area contributed by atoms with Crippen LogP contribution in [0.4, 0.5) is 0 Å². The number of ketones is 1. The Morgan fingerprint density at radius 3 is 2.22 bits per heavy atom.